The van der Waals surface area contributed by atoms with E-state index in [1.54, 1.807) is 6.92 Å². The molecule has 0 radical (unpaired) electrons. The number of rotatable bonds is 6. The molecule has 6 nitrogen and oxygen atoms in total. The van der Waals surface area contributed by atoms with Crippen molar-refractivity contribution in [1.82, 2.24) is 4.90 Å². The number of carbonyl (C=O) groups excluding carboxylic acids is 3. The normalized spacial score (nSPS) is 14.5. The van der Waals surface area contributed by atoms with Crippen LogP contribution in [0.3, 0.4) is 0 Å². The van der Waals surface area contributed by atoms with Gasteiger partial charge in [-0.05, 0) is 24.5 Å². The number of nitrogens with zero attached hydrogens (tertiary/aromatic N) is 2. The summed E-state index contributed by atoms with van der Waals surface area (Å²) in [7, 11) is 0. The predicted molar refractivity (Wildman–Crippen MR) is 97.3 cm³/mol. The third-order valence-electron chi connectivity index (χ3n) is 4.75. The Labute approximate surface area is 151 Å². The highest BCUT2D eigenvalue weighted by Gasteiger charge is 2.42. The summed E-state index contributed by atoms with van der Waals surface area (Å²) in [4.78, 5) is 41.2. The molecule has 1 heterocycles. The number of carbonyl (C=O) groups is 3. The lowest BCUT2D eigenvalue weighted by Crippen LogP contribution is -2.46. The average molecular weight is 349 g/mol. The molecular weight excluding hydrogens is 330 g/mol. The molecule has 1 aliphatic heterocycles. The Balaban J connectivity index is 2.04. The molecule has 1 aliphatic rings. The van der Waals surface area contributed by atoms with E-state index < -0.39 is 23.1 Å². The summed E-state index contributed by atoms with van der Waals surface area (Å²) in [5, 5.41) is 0. The summed E-state index contributed by atoms with van der Waals surface area (Å²) in [5.74, 6) is -1.64. The van der Waals surface area contributed by atoms with Crippen LogP contribution in [0, 0.1) is 0 Å². The Morgan fingerprint density at radius 2 is 1.50 bits per heavy atom. The molecule has 2 aromatic carbocycles. The van der Waals surface area contributed by atoms with E-state index in [9.17, 15) is 14.4 Å². The molecule has 2 aromatic rings. The minimum atomic E-state index is -1.12. The first-order valence-electron chi connectivity index (χ1n) is 8.29. The van der Waals surface area contributed by atoms with E-state index in [1.807, 2.05) is 60.7 Å². The smallest absolute Gasteiger partial charge is 0.337 e. The fraction of sp³-hybridized carbons (Fsp3) is 0.200. The van der Waals surface area contributed by atoms with E-state index in [4.69, 9.17) is 5.73 Å². The minimum Gasteiger partial charge on any atom is -0.369 e. The lowest BCUT2D eigenvalue weighted by Gasteiger charge is -2.33. The zero-order valence-electron chi connectivity index (χ0n) is 14.4. The van der Waals surface area contributed by atoms with E-state index in [0.717, 1.165) is 11.1 Å². The average Bonchev–Trinajstić information content (AvgIpc) is 2.89. The molecule has 0 saturated heterocycles. The van der Waals surface area contributed by atoms with Gasteiger partial charge in [0.2, 0.25) is 5.91 Å². The van der Waals surface area contributed by atoms with Gasteiger partial charge in [-0.15, -0.1) is 0 Å². The number of benzene rings is 2. The van der Waals surface area contributed by atoms with Crippen LogP contribution in [0.1, 0.15) is 24.5 Å². The van der Waals surface area contributed by atoms with Gasteiger partial charge in [-0.1, -0.05) is 60.7 Å². The van der Waals surface area contributed by atoms with Gasteiger partial charge in [0.05, 0.1) is 0 Å². The van der Waals surface area contributed by atoms with Crippen LogP contribution in [-0.4, -0.2) is 35.0 Å². The molecule has 3 rings (SSSR count). The number of primary amides is 1. The molecule has 0 aliphatic carbocycles. The third-order valence-corrected chi connectivity index (χ3v) is 4.75. The third kappa shape index (κ3) is 2.90. The maximum atomic E-state index is 12.7. The number of amides is 3. The Hall–Kier alpha value is -3.28. The SMILES string of the molecule is CC1=NC(=O)C(=O)N1CCC(C(N)=O)(c1ccccc1)c1ccccc1. The van der Waals surface area contributed by atoms with E-state index in [-0.39, 0.29) is 13.0 Å². The second kappa shape index (κ2) is 6.92. The van der Waals surface area contributed by atoms with Gasteiger partial charge in [-0.25, -0.2) is 0 Å². The number of hydrogen-bond donors (Lipinski definition) is 1. The van der Waals surface area contributed by atoms with Crippen LogP contribution in [0.25, 0.3) is 0 Å². The second-order valence-corrected chi connectivity index (χ2v) is 6.17. The van der Waals surface area contributed by atoms with Gasteiger partial charge in [0.15, 0.2) is 0 Å². The van der Waals surface area contributed by atoms with Gasteiger partial charge in [-0.3, -0.25) is 19.3 Å². The molecule has 0 fully saturated rings. The lowest BCUT2D eigenvalue weighted by molar-refractivity contribution is -0.140. The molecule has 0 aromatic heterocycles. The Kier molecular flexibility index (Phi) is 4.67. The summed E-state index contributed by atoms with van der Waals surface area (Å²) in [6, 6.07) is 18.5. The molecule has 26 heavy (non-hydrogen) atoms. The molecule has 132 valence electrons. The highest BCUT2D eigenvalue weighted by molar-refractivity contribution is 6.43. The maximum absolute atomic E-state index is 12.7. The van der Waals surface area contributed by atoms with Gasteiger partial charge in [-0.2, -0.15) is 4.99 Å². The number of amidine groups is 1. The molecule has 0 saturated carbocycles. The van der Waals surface area contributed by atoms with E-state index in [0.29, 0.717) is 5.84 Å². The van der Waals surface area contributed by atoms with E-state index in [1.165, 1.54) is 4.90 Å². The minimum absolute atomic E-state index is 0.159. The van der Waals surface area contributed by atoms with Crippen molar-refractivity contribution in [2.24, 2.45) is 10.7 Å². The molecule has 3 amide bonds. The Morgan fingerprint density at radius 3 is 1.88 bits per heavy atom. The summed E-state index contributed by atoms with van der Waals surface area (Å²) in [6.45, 7) is 1.76. The van der Waals surface area contributed by atoms with Crippen molar-refractivity contribution in [3.63, 3.8) is 0 Å². The van der Waals surface area contributed by atoms with Gasteiger partial charge >= 0.3 is 11.8 Å². The zero-order valence-corrected chi connectivity index (χ0v) is 14.4. The summed E-state index contributed by atoms with van der Waals surface area (Å²) in [6.07, 6.45) is 0.238. The fourth-order valence-corrected chi connectivity index (χ4v) is 3.37. The molecule has 0 spiro atoms. The molecule has 0 bridgehead atoms. The molecule has 0 unspecified atom stereocenters. The number of aliphatic imine (C=N–C) groups is 1. The Morgan fingerprint density at radius 1 is 1.00 bits per heavy atom. The fourth-order valence-electron chi connectivity index (χ4n) is 3.37. The number of hydrogen-bond acceptors (Lipinski definition) is 3. The van der Waals surface area contributed by atoms with Crippen LogP contribution in [0.15, 0.2) is 65.7 Å². The summed E-state index contributed by atoms with van der Waals surface area (Å²) < 4.78 is 0. The monoisotopic (exact) mass is 349 g/mol. The first-order valence-corrected chi connectivity index (χ1v) is 8.29. The van der Waals surface area contributed by atoms with E-state index in [2.05, 4.69) is 4.99 Å². The van der Waals surface area contributed by atoms with Crippen molar-refractivity contribution in [3.8, 4) is 0 Å². The maximum Gasteiger partial charge on any atom is 0.337 e. The highest BCUT2D eigenvalue weighted by atomic mass is 16.2. The standard InChI is InChI=1S/C20H19N3O3/c1-14-22-17(24)18(25)23(14)13-12-20(19(21)26,15-8-4-2-5-9-15)16-10-6-3-7-11-16/h2-11H,12-13H2,1H3,(H2,21,26). The number of nitrogens with two attached hydrogens (primary N) is 1. The van der Waals surface area contributed by atoms with Crippen molar-refractivity contribution >= 4 is 23.6 Å². The quantitative estimate of drug-likeness (QED) is 0.804. The lowest BCUT2D eigenvalue weighted by atomic mass is 9.71. The topological polar surface area (TPSA) is 92.8 Å². The van der Waals surface area contributed by atoms with Crippen molar-refractivity contribution in [3.05, 3.63) is 71.8 Å². The van der Waals surface area contributed by atoms with Crippen LogP contribution in [-0.2, 0) is 19.8 Å². The summed E-state index contributed by atoms with van der Waals surface area (Å²) in [5.41, 5.74) is 6.25. The second-order valence-electron chi connectivity index (χ2n) is 6.17. The first kappa shape index (κ1) is 17.5. The first-order chi connectivity index (χ1) is 12.5. The van der Waals surface area contributed by atoms with Crippen molar-refractivity contribution in [2.75, 3.05) is 6.54 Å². The highest BCUT2D eigenvalue weighted by Crippen LogP contribution is 2.36. The van der Waals surface area contributed by atoms with E-state index >= 15 is 0 Å². The van der Waals surface area contributed by atoms with Crippen LogP contribution in [0.2, 0.25) is 0 Å². The van der Waals surface area contributed by atoms with Crippen molar-refractivity contribution < 1.29 is 14.4 Å². The predicted octanol–water partition coefficient (Wildman–Crippen LogP) is 1.64. The molecule has 6 heteroatoms. The van der Waals surface area contributed by atoms with Gasteiger partial charge < -0.3 is 5.73 Å². The van der Waals surface area contributed by atoms with Crippen LogP contribution < -0.4 is 5.73 Å². The largest absolute Gasteiger partial charge is 0.369 e. The van der Waals surface area contributed by atoms with Crippen LogP contribution >= 0.6 is 0 Å². The van der Waals surface area contributed by atoms with Crippen LogP contribution in [0.4, 0.5) is 0 Å². The zero-order chi connectivity index (χ0) is 18.7. The summed E-state index contributed by atoms with van der Waals surface area (Å²) >= 11 is 0. The van der Waals surface area contributed by atoms with Gasteiger partial charge in [0.25, 0.3) is 0 Å². The molecule has 0 atom stereocenters. The Bertz CT molecular complexity index is 836. The van der Waals surface area contributed by atoms with Crippen molar-refractivity contribution in [2.45, 2.75) is 18.8 Å². The van der Waals surface area contributed by atoms with Gasteiger partial charge in [0.1, 0.15) is 11.3 Å². The molecular formula is C20H19N3O3. The molecule has 2 N–H and O–H groups in total. The van der Waals surface area contributed by atoms with Crippen molar-refractivity contribution in [1.29, 1.82) is 0 Å². The van der Waals surface area contributed by atoms with Gasteiger partial charge in [0, 0.05) is 6.54 Å². The van der Waals surface area contributed by atoms with Crippen LogP contribution in [0.5, 0.6) is 0 Å².